The second-order valence-electron chi connectivity index (χ2n) is 4.84. The molecule has 0 saturated carbocycles. The van der Waals surface area contributed by atoms with E-state index in [0.29, 0.717) is 6.54 Å². The van der Waals surface area contributed by atoms with Crippen LogP contribution in [0.15, 0.2) is 6.07 Å². The number of nitrogens with zero attached hydrogens (tertiary/aromatic N) is 3. The van der Waals surface area contributed by atoms with E-state index in [-0.39, 0.29) is 11.9 Å². The molecule has 1 aliphatic heterocycles. The zero-order valence-corrected chi connectivity index (χ0v) is 11.3. The molecule has 0 unspecified atom stereocenters. The topological polar surface area (TPSA) is 64.2 Å². The number of hydrogen-bond donors (Lipinski definition) is 1. The Bertz CT molecular complexity index is 580. The number of carbonyl (C=O) groups excluding carboxylic acids is 1. The van der Waals surface area contributed by atoms with Gasteiger partial charge in [-0.3, -0.25) is 9.48 Å². The number of likely N-dealkylation sites (tertiary alicyclic amines) is 1. The SMILES string of the molecule is Cc1nn(C)c2sc(C(=O)N3CC[C@@H](N)C3)cc12. The zero-order chi connectivity index (χ0) is 12.9. The van der Waals surface area contributed by atoms with Gasteiger partial charge >= 0.3 is 0 Å². The number of aromatic nitrogens is 2. The average Bonchev–Trinajstić information content (AvgIpc) is 2.98. The summed E-state index contributed by atoms with van der Waals surface area (Å²) in [6.07, 6.45) is 0.900. The zero-order valence-electron chi connectivity index (χ0n) is 10.5. The number of nitrogens with two attached hydrogens (primary N) is 1. The van der Waals surface area contributed by atoms with Gasteiger partial charge in [-0.25, -0.2) is 0 Å². The number of carbonyl (C=O) groups is 1. The van der Waals surface area contributed by atoms with Gasteiger partial charge in [-0.15, -0.1) is 11.3 Å². The highest BCUT2D eigenvalue weighted by Gasteiger charge is 2.26. The highest BCUT2D eigenvalue weighted by molar-refractivity contribution is 7.20. The molecule has 1 aliphatic rings. The van der Waals surface area contributed by atoms with E-state index < -0.39 is 0 Å². The minimum absolute atomic E-state index is 0.101. The van der Waals surface area contributed by atoms with Gasteiger partial charge in [-0.2, -0.15) is 5.10 Å². The first kappa shape index (κ1) is 11.7. The lowest BCUT2D eigenvalue weighted by molar-refractivity contribution is 0.0795. The van der Waals surface area contributed by atoms with Crippen LogP contribution in [-0.2, 0) is 7.05 Å². The molecule has 1 saturated heterocycles. The van der Waals surface area contributed by atoms with Crippen molar-refractivity contribution in [3.05, 3.63) is 16.6 Å². The van der Waals surface area contributed by atoms with Crippen molar-refractivity contribution < 1.29 is 4.79 Å². The first-order valence-electron chi connectivity index (χ1n) is 6.04. The maximum atomic E-state index is 12.3. The molecule has 3 rings (SSSR count). The van der Waals surface area contributed by atoms with Gasteiger partial charge in [-0.05, 0) is 19.4 Å². The average molecular weight is 264 g/mol. The molecule has 18 heavy (non-hydrogen) atoms. The molecular weight excluding hydrogens is 248 g/mol. The van der Waals surface area contributed by atoms with E-state index in [1.165, 1.54) is 11.3 Å². The maximum absolute atomic E-state index is 12.3. The van der Waals surface area contributed by atoms with Crippen LogP contribution in [0.3, 0.4) is 0 Å². The van der Waals surface area contributed by atoms with Gasteiger partial charge in [0.25, 0.3) is 5.91 Å². The summed E-state index contributed by atoms with van der Waals surface area (Å²) >= 11 is 1.51. The molecule has 2 N–H and O–H groups in total. The van der Waals surface area contributed by atoms with Crippen LogP contribution in [-0.4, -0.2) is 39.7 Å². The molecule has 1 amide bonds. The first-order chi connectivity index (χ1) is 8.56. The molecule has 0 bridgehead atoms. The Labute approximate surface area is 109 Å². The third kappa shape index (κ3) is 1.72. The van der Waals surface area contributed by atoms with Gasteiger partial charge in [0.2, 0.25) is 0 Å². The van der Waals surface area contributed by atoms with Crippen LogP contribution in [0.2, 0.25) is 0 Å². The fourth-order valence-electron chi connectivity index (χ4n) is 2.44. The van der Waals surface area contributed by atoms with Crippen LogP contribution >= 0.6 is 11.3 Å². The van der Waals surface area contributed by atoms with Gasteiger partial charge in [-0.1, -0.05) is 0 Å². The third-order valence-electron chi connectivity index (χ3n) is 3.42. The van der Waals surface area contributed by atoms with Crippen molar-refractivity contribution in [1.82, 2.24) is 14.7 Å². The fourth-order valence-corrected chi connectivity index (χ4v) is 3.53. The maximum Gasteiger partial charge on any atom is 0.264 e. The smallest absolute Gasteiger partial charge is 0.264 e. The first-order valence-corrected chi connectivity index (χ1v) is 6.86. The summed E-state index contributed by atoms with van der Waals surface area (Å²) in [6.45, 7) is 3.41. The van der Waals surface area contributed by atoms with E-state index in [0.717, 1.165) is 33.8 Å². The Kier molecular flexibility index (Phi) is 2.64. The highest BCUT2D eigenvalue weighted by Crippen LogP contribution is 2.29. The minimum Gasteiger partial charge on any atom is -0.336 e. The molecule has 6 heteroatoms. The molecule has 2 aromatic rings. The van der Waals surface area contributed by atoms with Crippen molar-refractivity contribution in [2.24, 2.45) is 12.8 Å². The van der Waals surface area contributed by atoms with Crippen LogP contribution in [0, 0.1) is 6.92 Å². The number of hydrogen-bond acceptors (Lipinski definition) is 4. The normalized spacial score (nSPS) is 19.9. The van der Waals surface area contributed by atoms with Gasteiger partial charge in [0.15, 0.2) is 0 Å². The van der Waals surface area contributed by atoms with E-state index in [4.69, 9.17) is 5.73 Å². The largest absolute Gasteiger partial charge is 0.336 e. The lowest BCUT2D eigenvalue weighted by Crippen LogP contribution is -2.31. The van der Waals surface area contributed by atoms with Crippen molar-refractivity contribution >= 4 is 27.5 Å². The summed E-state index contributed by atoms with van der Waals surface area (Å²) in [5.41, 5.74) is 6.81. The molecule has 0 aromatic carbocycles. The molecule has 0 aliphatic carbocycles. The predicted octanol–water partition coefficient (Wildman–Crippen LogP) is 1.12. The lowest BCUT2D eigenvalue weighted by Gasteiger charge is -2.14. The third-order valence-corrected chi connectivity index (χ3v) is 4.61. The quantitative estimate of drug-likeness (QED) is 0.839. The highest BCUT2D eigenvalue weighted by atomic mass is 32.1. The van der Waals surface area contributed by atoms with Gasteiger partial charge in [0.05, 0.1) is 10.6 Å². The van der Waals surface area contributed by atoms with E-state index in [1.54, 1.807) is 0 Å². The van der Waals surface area contributed by atoms with Gasteiger partial charge in [0.1, 0.15) is 4.83 Å². The number of rotatable bonds is 1. The summed E-state index contributed by atoms with van der Waals surface area (Å²) in [5, 5.41) is 5.42. The van der Waals surface area contributed by atoms with E-state index in [9.17, 15) is 4.79 Å². The number of fused-ring (bicyclic) bond motifs is 1. The summed E-state index contributed by atoms with van der Waals surface area (Å²) in [5.74, 6) is 0.101. The van der Waals surface area contributed by atoms with E-state index >= 15 is 0 Å². The molecule has 2 aromatic heterocycles. The molecule has 0 spiro atoms. The molecule has 5 nitrogen and oxygen atoms in total. The number of amides is 1. The van der Waals surface area contributed by atoms with Crippen LogP contribution in [0.5, 0.6) is 0 Å². The molecule has 1 atom stereocenters. The van der Waals surface area contributed by atoms with Gasteiger partial charge in [0, 0.05) is 31.6 Å². The molecule has 96 valence electrons. The van der Waals surface area contributed by atoms with E-state index in [2.05, 4.69) is 5.10 Å². The minimum atomic E-state index is 0.101. The molecule has 0 radical (unpaired) electrons. The van der Waals surface area contributed by atoms with Crippen LogP contribution in [0.1, 0.15) is 21.8 Å². The Morgan fingerprint density at radius 3 is 3.00 bits per heavy atom. The van der Waals surface area contributed by atoms with Crippen molar-refractivity contribution in [3.63, 3.8) is 0 Å². The fraction of sp³-hybridized carbons (Fsp3) is 0.500. The predicted molar refractivity (Wildman–Crippen MR) is 71.8 cm³/mol. The van der Waals surface area contributed by atoms with Crippen molar-refractivity contribution in [2.45, 2.75) is 19.4 Å². The summed E-state index contributed by atoms with van der Waals surface area (Å²) < 4.78 is 1.84. The number of thiophene rings is 1. The van der Waals surface area contributed by atoms with Crippen LogP contribution < -0.4 is 5.73 Å². The summed E-state index contributed by atoms with van der Waals surface area (Å²) in [4.78, 5) is 16.0. The van der Waals surface area contributed by atoms with Crippen LogP contribution in [0.4, 0.5) is 0 Å². The summed E-state index contributed by atoms with van der Waals surface area (Å²) in [7, 11) is 1.91. The Morgan fingerprint density at radius 1 is 1.61 bits per heavy atom. The van der Waals surface area contributed by atoms with Crippen molar-refractivity contribution in [1.29, 1.82) is 0 Å². The second-order valence-corrected chi connectivity index (χ2v) is 5.87. The van der Waals surface area contributed by atoms with Crippen molar-refractivity contribution in [2.75, 3.05) is 13.1 Å². The van der Waals surface area contributed by atoms with E-state index in [1.807, 2.05) is 29.6 Å². The second kappa shape index (κ2) is 4.07. The Morgan fingerprint density at radius 2 is 2.39 bits per heavy atom. The lowest BCUT2D eigenvalue weighted by atomic mass is 10.3. The monoisotopic (exact) mass is 264 g/mol. The Hall–Kier alpha value is -1.40. The van der Waals surface area contributed by atoms with Gasteiger partial charge < -0.3 is 10.6 Å². The molecule has 3 heterocycles. The standard InChI is InChI=1S/C12H16N4OS/c1-7-9-5-10(18-12(9)15(2)14-7)11(17)16-4-3-8(13)6-16/h5,8H,3-4,6,13H2,1-2H3/t8-/m1/s1. The molecule has 1 fully saturated rings. The summed E-state index contributed by atoms with van der Waals surface area (Å²) in [6, 6.07) is 2.08. The molecular formula is C12H16N4OS. The number of aryl methyl sites for hydroxylation is 2. The Balaban J connectivity index is 1.94. The van der Waals surface area contributed by atoms with Crippen molar-refractivity contribution in [3.8, 4) is 0 Å². The van der Waals surface area contributed by atoms with Crippen LogP contribution in [0.25, 0.3) is 10.2 Å².